The van der Waals surface area contributed by atoms with Gasteiger partial charge >= 0.3 is 0 Å². The fourth-order valence-corrected chi connectivity index (χ4v) is 3.15. The van der Waals surface area contributed by atoms with Gasteiger partial charge in [0.25, 0.3) is 0 Å². The number of ether oxygens (including phenoxy) is 1. The molecule has 1 N–H and O–H groups in total. The molecule has 29 heavy (non-hydrogen) atoms. The van der Waals surface area contributed by atoms with Gasteiger partial charge < -0.3 is 19.9 Å². The van der Waals surface area contributed by atoms with E-state index in [2.05, 4.69) is 20.2 Å². The third-order valence-electron chi connectivity index (χ3n) is 4.79. The fraction of sp³-hybridized carbons (Fsp3) is 0.227. The molecule has 3 aromatic rings. The first-order valence-electron chi connectivity index (χ1n) is 9.61. The molecule has 0 unspecified atom stereocenters. The molecule has 1 aromatic heterocycles. The molecular weight excluding hydrogens is 366 g/mol. The fourth-order valence-electron chi connectivity index (χ4n) is 3.15. The minimum Gasteiger partial charge on any atom is -0.489 e. The van der Waals surface area contributed by atoms with Crippen molar-refractivity contribution in [3.05, 3.63) is 72.4 Å². The van der Waals surface area contributed by atoms with E-state index in [0.717, 1.165) is 42.3 Å². The number of amides is 1. The number of anilines is 3. The smallest absolute Gasteiger partial charge is 0.229 e. The van der Waals surface area contributed by atoms with Gasteiger partial charge in [-0.3, -0.25) is 4.79 Å². The van der Waals surface area contributed by atoms with Gasteiger partial charge in [0.2, 0.25) is 12.4 Å². The van der Waals surface area contributed by atoms with E-state index in [4.69, 9.17) is 4.74 Å². The first-order valence-corrected chi connectivity index (χ1v) is 9.61. The molecule has 0 saturated carbocycles. The van der Waals surface area contributed by atoms with Crippen LogP contribution in [-0.4, -0.2) is 47.5 Å². The number of nitrogens with zero attached hydrogens (tertiary/aromatic N) is 4. The van der Waals surface area contributed by atoms with Crippen LogP contribution in [-0.2, 0) is 11.4 Å². The first-order chi connectivity index (χ1) is 14.3. The average Bonchev–Trinajstić information content (AvgIpc) is 2.79. The molecule has 7 heteroatoms. The van der Waals surface area contributed by atoms with Gasteiger partial charge in [-0.15, -0.1) is 0 Å². The molecule has 4 rings (SSSR count). The van der Waals surface area contributed by atoms with Crippen molar-refractivity contribution in [1.29, 1.82) is 0 Å². The molecule has 0 bridgehead atoms. The summed E-state index contributed by atoms with van der Waals surface area (Å²) in [5.41, 5.74) is 2.02. The van der Waals surface area contributed by atoms with Crippen LogP contribution in [0, 0.1) is 0 Å². The summed E-state index contributed by atoms with van der Waals surface area (Å²) in [6.45, 7) is 3.49. The number of carbonyl (C=O) groups is 1. The summed E-state index contributed by atoms with van der Waals surface area (Å²) in [6.07, 6.45) is 2.64. The monoisotopic (exact) mass is 389 g/mol. The Morgan fingerprint density at radius 1 is 0.966 bits per heavy atom. The standard InChI is InChI=1S/C22H23N5O2/c28-17-26-12-14-27(15-13-26)21-10-11-23-22(25-21)24-19-6-8-20(9-7-19)29-16-18-4-2-1-3-5-18/h1-11,17H,12-16H2,(H,23,24,25). The Balaban J connectivity index is 1.35. The molecule has 1 aliphatic rings. The zero-order valence-electron chi connectivity index (χ0n) is 16.1. The molecule has 0 atom stereocenters. The van der Waals surface area contributed by atoms with Crippen LogP contribution in [0.15, 0.2) is 66.9 Å². The van der Waals surface area contributed by atoms with E-state index in [9.17, 15) is 4.79 Å². The number of carbonyl (C=O) groups excluding carboxylic acids is 1. The largest absolute Gasteiger partial charge is 0.489 e. The van der Waals surface area contributed by atoms with E-state index >= 15 is 0 Å². The zero-order chi connectivity index (χ0) is 19.9. The molecule has 1 fully saturated rings. The topological polar surface area (TPSA) is 70.6 Å². The van der Waals surface area contributed by atoms with E-state index in [-0.39, 0.29) is 0 Å². The van der Waals surface area contributed by atoms with Crippen LogP contribution in [0.5, 0.6) is 5.75 Å². The average molecular weight is 389 g/mol. The van der Waals surface area contributed by atoms with Crippen LogP contribution >= 0.6 is 0 Å². The highest BCUT2D eigenvalue weighted by Crippen LogP contribution is 2.21. The number of rotatable bonds is 7. The lowest BCUT2D eigenvalue weighted by atomic mass is 10.2. The van der Waals surface area contributed by atoms with Gasteiger partial charge in [0.1, 0.15) is 18.2 Å². The minimum absolute atomic E-state index is 0.538. The Morgan fingerprint density at radius 2 is 1.72 bits per heavy atom. The van der Waals surface area contributed by atoms with Crippen molar-refractivity contribution in [2.24, 2.45) is 0 Å². The summed E-state index contributed by atoms with van der Waals surface area (Å²) in [5, 5.41) is 3.23. The van der Waals surface area contributed by atoms with Gasteiger partial charge in [0.05, 0.1) is 0 Å². The SMILES string of the molecule is O=CN1CCN(c2ccnc(Nc3ccc(OCc4ccccc4)cc3)n2)CC1. The van der Waals surface area contributed by atoms with Crippen LogP contribution in [0.4, 0.5) is 17.5 Å². The Labute approximate surface area is 170 Å². The summed E-state index contributed by atoms with van der Waals surface area (Å²) in [5.74, 6) is 2.20. The minimum atomic E-state index is 0.538. The number of benzene rings is 2. The van der Waals surface area contributed by atoms with Gasteiger partial charge in [-0.2, -0.15) is 4.98 Å². The highest BCUT2D eigenvalue weighted by atomic mass is 16.5. The van der Waals surface area contributed by atoms with E-state index in [1.807, 2.05) is 60.7 Å². The highest BCUT2D eigenvalue weighted by Gasteiger charge is 2.17. The van der Waals surface area contributed by atoms with Crippen molar-refractivity contribution in [3.8, 4) is 5.75 Å². The maximum Gasteiger partial charge on any atom is 0.229 e. The van der Waals surface area contributed by atoms with Crippen LogP contribution < -0.4 is 15.0 Å². The van der Waals surface area contributed by atoms with Crippen LogP contribution in [0.1, 0.15) is 5.56 Å². The second-order valence-corrected chi connectivity index (χ2v) is 6.79. The van der Waals surface area contributed by atoms with Gasteiger partial charge in [-0.05, 0) is 35.9 Å². The number of nitrogens with one attached hydrogen (secondary N) is 1. The van der Waals surface area contributed by atoms with Gasteiger partial charge in [0.15, 0.2) is 0 Å². The molecule has 0 spiro atoms. The van der Waals surface area contributed by atoms with Crippen LogP contribution in [0.25, 0.3) is 0 Å². The summed E-state index contributed by atoms with van der Waals surface area (Å²) in [7, 11) is 0. The van der Waals surface area contributed by atoms with E-state index in [1.165, 1.54) is 0 Å². The van der Waals surface area contributed by atoms with Gasteiger partial charge in [-0.1, -0.05) is 30.3 Å². The lowest BCUT2D eigenvalue weighted by molar-refractivity contribution is -0.118. The number of hydrogen-bond donors (Lipinski definition) is 1. The number of hydrogen-bond acceptors (Lipinski definition) is 6. The third-order valence-corrected chi connectivity index (χ3v) is 4.79. The zero-order valence-corrected chi connectivity index (χ0v) is 16.1. The lowest BCUT2D eigenvalue weighted by Crippen LogP contribution is -2.46. The molecule has 0 aliphatic carbocycles. The van der Waals surface area contributed by atoms with Crippen molar-refractivity contribution in [2.45, 2.75) is 6.61 Å². The summed E-state index contributed by atoms with van der Waals surface area (Å²) in [4.78, 5) is 23.7. The first kappa shape index (κ1) is 18.7. The Hall–Kier alpha value is -3.61. The van der Waals surface area contributed by atoms with Crippen LogP contribution in [0.2, 0.25) is 0 Å². The molecule has 2 aromatic carbocycles. The molecule has 1 saturated heterocycles. The quantitative estimate of drug-likeness (QED) is 0.626. The Kier molecular flexibility index (Phi) is 5.85. The lowest BCUT2D eigenvalue weighted by Gasteiger charge is -2.33. The van der Waals surface area contributed by atoms with Gasteiger partial charge in [-0.25, -0.2) is 4.98 Å². The molecule has 1 aliphatic heterocycles. The Bertz CT molecular complexity index is 925. The normalized spacial score (nSPS) is 13.8. The van der Waals surface area contributed by atoms with E-state index in [1.54, 1.807) is 11.1 Å². The number of aromatic nitrogens is 2. The predicted molar refractivity (Wildman–Crippen MR) is 112 cm³/mol. The second kappa shape index (κ2) is 9.05. The summed E-state index contributed by atoms with van der Waals surface area (Å²) >= 11 is 0. The maximum absolute atomic E-state index is 10.9. The van der Waals surface area contributed by atoms with Crippen LogP contribution in [0.3, 0.4) is 0 Å². The molecule has 2 heterocycles. The van der Waals surface area contributed by atoms with Crippen molar-refractivity contribution in [3.63, 3.8) is 0 Å². The highest BCUT2D eigenvalue weighted by molar-refractivity contribution is 5.56. The predicted octanol–water partition coefficient (Wildman–Crippen LogP) is 3.08. The van der Waals surface area contributed by atoms with Crippen molar-refractivity contribution >= 4 is 23.9 Å². The molecule has 7 nitrogen and oxygen atoms in total. The Morgan fingerprint density at radius 3 is 2.45 bits per heavy atom. The molecule has 0 radical (unpaired) electrons. The van der Waals surface area contributed by atoms with Crippen molar-refractivity contribution in [1.82, 2.24) is 14.9 Å². The second-order valence-electron chi connectivity index (χ2n) is 6.79. The van der Waals surface area contributed by atoms with Gasteiger partial charge in [0, 0.05) is 38.1 Å². The van der Waals surface area contributed by atoms with Crippen molar-refractivity contribution in [2.75, 3.05) is 36.4 Å². The van der Waals surface area contributed by atoms with Crippen molar-refractivity contribution < 1.29 is 9.53 Å². The molecular formula is C22H23N5O2. The summed E-state index contributed by atoms with van der Waals surface area (Å²) in [6, 6.07) is 19.7. The van der Waals surface area contributed by atoms with E-state index in [0.29, 0.717) is 25.6 Å². The maximum atomic E-state index is 10.9. The third kappa shape index (κ3) is 5.01. The van der Waals surface area contributed by atoms with E-state index < -0.39 is 0 Å². The molecule has 148 valence electrons. The summed E-state index contributed by atoms with van der Waals surface area (Å²) < 4.78 is 5.82. The molecule has 1 amide bonds. The number of piperazine rings is 1.